The molecule has 1 N–H and O–H groups in total. The summed E-state index contributed by atoms with van der Waals surface area (Å²) in [6.45, 7) is 9.76. The monoisotopic (exact) mass is 275 g/mol. The van der Waals surface area contributed by atoms with Crippen molar-refractivity contribution in [3.05, 3.63) is 52.6 Å². The number of halogens is 1. The Morgan fingerprint density at radius 1 is 1.25 bits per heavy atom. The highest BCUT2D eigenvalue weighted by atomic mass is 19.1. The third-order valence-electron chi connectivity index (χ3n) is 3.53. The summed E-state index contributed by atoms with van der Waals surface area (Å²) in [6.07, 6.45) is 1.91. The average Bonchev–Trinajstić information content (AvgIpc) is 2.72. The van der Waals surface area contributed by atoms with E-state index in [2.05, 4.69) is 31.2 Å². The van der Waals surface area contributed by atoms with E-state index < -0.39 is 0 Å². The fourth-order valence-corrected chi connectivity index (χ4v) is 2.13. The lowest BCUT2D eigenvalue weighted by atomic mass is 10.1. The van der Waals surface area contributed by atoms with Crippen LogP contribution in [0.1, 0.15) is 36.2 Å². The molecule has 1 heterocycles. The summed E-state index contributed by atoms with van der Waals surface area (Å²) in [4.78, 5) is 0. The van der Waals surface area contributed by atoms with Gasteiger partial charge in [-0.3, -0.25) is 4.68 Å². The Kier molecular flexibility index (Phi) is 4.55. The molecule has 0 saturated heterocycles. The van der Waals surface area contributed by atoms with Gasteiger partial charge in [0, 0.05) is 23.8 Å². The van der Waals surface area contributed by atoms with Crippen LogP contribution in [0.2, 0.25) is 0 Å². The van der Waals surface area contributed by atoms with Gasteiger partial charge in [-0.1, -0.05) is 19.9 Å². The molecule has 0 radical (unpaired) electrons. The lowest BCUT2D eigenvalue weighted by Crippen LogP contribution is -2.22. The average molecular weight is 275 g/mol. The van der Waals surface area contributed by atoms with Gasteiger partial charge in [0.05, 0.1) is 12.7 Å². The van der Waals surface area contributed by atoms with E-state index in [-0.39, 0.29) is 5.82 Å². The largest absolute Gasteiger partial charge is 0.310 e. The maximum atomic E-state index is 13.1. The Labute approximate surface area is 119 Å². The first-order valence-corrected chi connectivity index (χ1v) is 6.97. The molecule has 2 aromatic rings. The molecular weight excluding hydrogens is 253 g/mol. The highest BCUT2D eigenvalue weighted by Crippen LogP contribution is 2.14. The van der Waals surface area contributed by atoms with Crippen LogP contribution in [0, 0.1) is 19.7 Å². The van der Waals surface area contributed by atoms with E-state index in [4.69, 9.17) is 0 Å². The van der Waals surface area contributed by atoms with Crippen LogP contribution in [0.25, 0.3) is 0 Å². The Morgan fingerprint density at radius 2 is 2.00 bits per heavy atom. The van der Waals surface area contributed by atoms with Gasteiger partial charge in [-0.2, -0.15) is 5.10 Å². The highest BCUT2D eigenvalue weighted by molar-refractivity contribution is 5.27. The Balaban J connectivity index is 2.14. The van der Waals surface area contributed by atoms with Crippen LogP contribution >= 0.6 is 0 Å². The number of hydrogen-bond donors (Lipinski definition) is 1. The number of nitrogens with zero attached hydrogens (tertiary/aromatic N) is 2. The molecule has 0 atom stereocenters. The second kappa shape index (κ2) is 6.18. The van der Waals surface area contributed by atoms with Crippen molar-refractivity contribution in [3.63, 3.8) is 0 Å². The maximum absolute atomic E-state index is 13.1. The molecule has 3 nitrogen and oxygen atoms in total. The topological polar surface area (TPSA) is 29.9 Å². The Morgan fingerprint density at radius 3 is 2.65 bits per heavy atom. The molecule has 2 rings (SSSR count). The minimum absolute atomic E-state index is 0.190. The van der Waals surface area contributed by atoms with E-state index in [0.29, 0.717) is 12.6 Å². The minimum atomic E-state index is -0.190. The molecule has 0 aliphatic heterocycles. The van der Waals surface area contributed by atoms with Gasteiger partial charge in [-0.05, 0) is 37.1 Å². The first-order valence-electron chi connectivity index (χ1n) is 6.97. The highest BCUT2D eigenvalue weighted by Gasteiger charge is 2.08. The number of aryl methyl sites for hydroxylation is 1. The summed E-state index contributed by atoms with van der Waals surface area (Å²) < 4.78 is 15.1. The lowest BCUT2D eigenvalue weighted by Gasteiger charge is -2.10. The summed E-state index contributed by atoms with van der Waals surface area (Å²) in [6, 6.07) is 5.35. The zero-order chi connectivity index (χ0) is 14.7. The molecule has 20 heavy (non-hydrogen) atoms. The first kappa shape index (κ1) is 14.7. The van der Waals surface area contributed by atoms with Gasteiger partial charge in [-0.15, -0.1) is 0 Å². The molecule has 108 valence electrons. The molecule has 0 amide bonds. The zero-order valence-electron chi connectivity index (χ0n) is 12.6. The molecule has 0 aliphatic rings. The molecule has 0 fully saturated rings. The smallest absolute Gasteiger partial charge is 0.123 e. The van der Waals surface area contributed by atoms with Crippen LogP contribution < -0.4 is 5.32 Å². The van der Waals surface area contributed by atoms with Crippen LogP contribution in [0.15, 0.2) is 24.4 Å². The van der Waals surface area contributed by atoms with Crippen molar-refractivity contribution in [1.29, 1.82) is 0 Å². The van der Waals surface area contributed by atoms with Gasteiger partial charge in [0.15, 0.2) is 0 Å². The fraction of sp³-hybridized carbons (Fsp3) is 0.438. The normalized spacial score (nSPS) is 11.3. The van der Waals surface area contributed by atoms with E-state index in [9.17, 15) is 4.39 Å². The molecule has 0 aliphatic carbocycles. The molecule has 0 unspecified atom stereocenters. The fourth-order valence-electron chi connectivity index (χ4n) is 2.13. The molecule has 4 heteroatoms. The first-order chi connectivity index (χ1) is 9.47. The van der Waals surface area contributed by atoms with E-state index >= 15 is 0 Å². The number of hydrogen-bond acceptors (Lipinski definition) is 2. The predicted octanol–water partition coefficient (Wildman–Crippen LogP) is 3.19. The second-order valence-corrected chi connectivity index (χ2v) is 5.52. The van der Waals surface area contributed by atoms with Crippen molar-refractivity contribution in [2.45, 2.75) is 46.8 Å². The Hall–Kier alpha value is -1.68. The number of rotatable bonds is 5. The molecular formula is C16H22FN3. The maximum Gasteiger partial charge on any atom is 0.123 e. The Bertz CT molecular complexity index is 587. The van der Waals surface area contributed by atoms with Crippen molar-refractivity contribution in [3.8, 4) is 0 Å². The van der Waals surface area contributed by atoms with Crippen molar-refractivity contribution in [1.82, 2.24) is 15.1 Å². The third-order valence-corrected chi connectivity index (χ3v) is 3.53. The van der Waals surface area contributed by atoms with Gasteiger partial charge in [0.2, 0.25) is 0 Å². The van der Waals surface area contributed by atoms with Gasteiger partial charge in [0.1, 0.15) is 5.82 Å². The predicted molar refractivity (Wildman–Crippen MR) is 79.2 cm³/mol. The molecule has 1 aromatic carbocycles. The molecule has 0 saturated carbocycles. The zero-order valence-corrected chi connectivity index (χ0v) is 12.6. The van der Waals surface area contributed by atoms with Gasteiger partial charge >= 0.3 is 0 Å². The van der Waals surface area contributed by atoms with Crippen molar-refractivity contribution in [2.75, 3.05) is 0 Å². The summed E-state index contributed by atoms with van der Waals surface area (Å²) in [5.41, 5.74) is 4.42. The van der Waals surface area contributed by atoms with E-state index in [0.717, 1.165) is 23.4 Å². The summed E-state index contributed by atoms with van der Waals surface area (Å²) in [5, 5.41) is 7.83. The number of nitrogens with one attached hydrogen (secondary N) is 1. The van der Waals surface area contributed by atoms with Crippen LogP contribution in [0.3, 0.4) is 0 Å². The van der Waals surface area contributed by atoms with Crippen LogP contribution in [0.4, 0.5) is 4.39 Å². The molecule has 1 aromatic heterocycles. The number of benzene rings is 1. The summed E-state index contributed by atoms with van der Waals surface area (Å²) in [7, 11) is 0. The van der Waals surface area contributed by atoms with E-state index in [1.54, 1.807) is 6.07 Å². The van der Waals surface area contributed by atoms with Crippen LogP contribution in [0.5, 0.6) is 0 Å². The van der Waals surface area contributed by atoms with Crippen molar-refractivity contribution < 1.29 is 4.39 Å². The quantitative estimate of drug-likeness (QED) is 0.908. The summed E-state index contributed by atoms with van der Waals surface area (Å²) >= 11 is 0. The van der Waals surface area contributed by atoms with E-state index in [1.165, 1.54) is 11.6 Å². The SMILES string of the molecule is Cc1cc(F)ccc1Cn1ncc(CNC(C)C)c1C. The van der Waals surface area contributed by atoms with Crippen LogP contribution in [-0.4, -0.2) is 15.8 Å². The molecule has 0 bridgehead atoms. The van der Waals surface area contributed by atoms with Crippen molar-refractivity contribution >= 4 is 0 Å². The summed E-state index contributed by atoms with van der Waals surface area (Å²) in [5.74, 6) is -0.190. The second-order valence-electron chi connectivity index (χ2n) is 5.52. The minimum Gasteiger partial charge on any atom is -0.310 e. The standard InChI is InChI=1S/C16H22FN3/c1-11(2)18-8-15-9-19-20(13(15)4)10-14-5-6-16(17)7-12(14)3/h5-7,9,11,18H,8,10H2,1-4H3. The van der Waals surface area contributed by atoms with E-state index in [1.807, 2.05) is 23.9 Å². The van der Waals surface area contributed by atoms with Gasteiger partial charge < -0.3 is 5.32 Å². The van der Waals surface area contributed by atoms with Crippen molar-refractivity contribution in [2.24, 2.45) is 0 Å². The third kappa shape index (κ3) is 3.45. The number of aromatic nitrogens is 2. The van der Waals surface area contributed by atoms with Gasteiger partial charge in [-0.25, -0.2) is 4.39 Å². The lowest BCUT2D eigenvalue weighted by molar-refractivity contribution is 0.585. The van der Waals surface area contributed by atoms with Crippen LogP contribution in [-0.2, 0) is 13.1 Å². The van der Waals surface area contributed by atoms with Gasteiger partial charge in [0.25, 0.3) is 0 Å². The molecule has 0 spiro atoms.